The van der Waals surface area contributed by atoms with Crippen LogP contribution in [0.15, 0.2) is 18.2 Å². The molecule has 1 atom stereocenters. The van der Waals surface area contributed by atoms with Crippen molar-refractivity contribution in [3.8, 4) is 0 Å². The zero-order chi connectivity index (χ0) is 13.8. The summed E-state index contributed by atoms with van der Waals surface area (Å²) in [5.41, 5.74) is -0.0984. The molecule has 3 N–H and O–H groups in total. The highest BCUT2D eigenvalue weighted by Gasteiger charge is 2.19. The highest BCUT2D eigenvalue weighted by molar-refractivity contribution is 5.89. The summed E-state index contributed by atoms with van der Waals surface area (Å²) in [5.74, 6) is -1.60. The van der Waals surface area contributed by atoms with E-state index in [1.54, 1.807) is 0 Å². The number of rotatable bonds is 2. The maximum absolute atomic E-state index is 13.3. The lowest BCUT2D eigenvalue weighted by atomic mass is 10.1. The van der Waals surface area contributed by atoms with Crippen LogP contribution in [0.25, 0.3) is 0 Å². The highest BCUT2D eigenvalue weighted by Crippen LogP contribution is 2.14. The molecule has 1 aliphatic rings. The first-order valence-electron chi connectivity index (χ1n) is 5.84. The van der Waals surface area contributed by atoms with Crippen molar-refractivity contribution in [1.82, 2.24) is 10.6 Å². The number of halogens is 2. The summed E-state index contributed by atoms with van der Waals surface area (Å²) in [7, 11) is 0. The molecule has 3 amide bonds. The quantitative estimate of drug-likeness (QED) is 0.758. The van der Waals surface area contributed by atoms with Gasteiger partial charge in [-0.05, 0) is 18.6 Å². The van der Waals surface area contributed by atoms with Gasteiger partial charge in [0.1, 0.15) is 11.6 Å². The van der Waals surface area contributed by atoms with Gasteiger partial charge in [0, 0.05) is 25.1 Å². The molecule has 5 nitrogen and oxygen atoms in total. The Morgan fingerprint density at radius 2 is 2.16 bits per heavy atom. The minimum absolute atomic E-state index is 0.0527. The molecule has 1 aliphatic heterocycles. The van der Waals surface area contributed by atoms with E-state index in [1.165, 1.54) is 0 Å². The molecule has 1 saturated heterocycles. The molecule has 0 saturated carbocycles. The average Bonchev–Trinajstić information content (AvgIpc) is 2.36. The number of benzene rings is 1. The first kappa shape index (κ1) is 13.3. The van der Waals surface area contributed by atoms with E-state index in [0.717, 1.165) is 12.1 Å². The lowest BCUT2D eigenvalue weighted by molar-refractivity contribution is -0.122. The van der Waals surface area contributed by atoms with Crippen molar-refractivity contribution in [2.45, 2.75) is 18.9 Å². The fraction of sp³-hybridized carbons (Fsp3) is 0.333. The number of anilines is 1. The van der Waals surface area contributed by atoms with Crippen LogP contribution in [0.5, 0.6) is 0 Å². The van der Waals surface area contributed by atoms with E-state index >= 15 is 0 Å². The van der Waals surface area contributed by atoms with Gasteiger partial charge < -0.3 is 16.0 Å². The van der Waals surface area contributed by atoms with Gasteiger partial charge >= 0.3 is 6.03 Å². The third-order valence-electron chi connectivity index (χ3n) is 2.78. The molecule has 0 aromatic heterocycles. The van der Waals surface area contributed by atoms with E-state index in [9.17, 15) is 18.4 Å². The molecule has 0 radical (unpaired) electrons. The van der Waals surface area contributed by atoms with Gasteiger partial charge in [0.2, 0.25) is 5.91 Å². The molecule has 7 heteroatoms. The van der Waals surface area contributed by atoms with Gasteiger partial charge in [0.25, 0.3) is 0 Å². The van der Waals surface area contributed by atoms with Crippen molar-refractivity contribution >= 4 is 17.6 Å². The van der Waals surface area contributed by atoms with Gasteiger partial charge in [0.05, 0.1) is 5.69 Å². The Bertz CT molecular complexity index is 498. The standard InChI is InChI=1S/C12H13F2N3O2/c13-7-1-3-10(9(14)5-7)17-12(19)16-8-2-4-11(18)15-6-8/h1,3,5,8H,2,4,6H2,(H,15,18)(H2,16,17,19)/t8-/m1/s1. The van der Waals surface area contributed by atoms with Gasteiger partial charge in [-0.15, -0.1) is 0 Å². The SMILES string of the molecule is O=C1CC[C@@H](NC(=O)Nc2ccc(F)cc2F)CN1. The van der Waals surface area contributed by atoms with Crippen LogP contribution in [0, 0.1) is 11.6 Å². The van der Waals surface area contributed by atoms with E-state index < -0.39 is 17.7 Å². The van der Waals surface area contributed by atoms with Crippen LogP contribution in [-0.4, -0.2) is 24.5 Å². The second kappa shape index (κ2) is 5.64. The number of carbonyl (C=O) groups excluding carboxylic acids is 2. The molecule has 0 unspecified atom stereocenters. The molecule has 2 rings (SSSR count). The Balaban J connectivity index is 1.89. The molecule has 1 heterocycles. The second-order valence-corrected chi connectivity index (χ2v) is 4.26. The third kappa shape index (κ3) is 3.64. The minimum Gasteiger partial charge on any atom is -0.354 e. The Kier molecular flexibility index (Phi) is 3.94. The second-order valence-electron chi connectivity index (χ2n) is 4.26. The maximum atomic E-state index is 13.3. The van der Waals surface area contributed by atoms with Gasteiger partial charge in [-0.3, -0.25) is 4.79 Å². The van der Waals surface area contributed by atoms with Crippen LogP contribution < -0.4 is 16.0 Å². The maximum Gasteiger partial charge on any atom is 0.319 e. The number of nitrogens with one attached hydrogen (secondary N) is 3. The number of urea groups is 1. The normalized spacial score (nSPS) is 18.6. The lowest BCUT2D eigenvalue weighted by Crippen LogP contribution is -2.48. The Morgan fingerprint density at radius 1 is 1.37 bits per heavy atom. The average molecular weight is 269 g/mol. The smallest absolute Gasteiger partial charge is 0.319 e. The van der Waals surface area contributed by atoms with E-state index in [2.05, 4.69) is 16.0 Å². The number of hydrogen-bond donors (Lipinski definition) is 3. The third-order valence-corrected chi connectivity index (χ3v) is 2.78. The van der Waals surface area contributed by atoms with Crippen LogP contribution in [0.3, 0.4) is 0 Å². The van der Waals surface area contributed by atoms with E-state index in [1.807, 2.05) is 0 Å². The summed E-state index contributed by atoms with van der Waals surface area (Å²) in [6.07, 6.45) is 0.876. The molecule has 1 aromatic rings. The van der Waals surface area contributed by atoms with Crippen molar-refractivity contribution in [2.24, 2.45) is 0 Å². The monoisotopic (exact) mass is 269 g/mol. The van der Waals surface area contributed by atoms with Crippen molar-refractivity contribution in [1.29, 1.82) is 0 Å². The molecule has 0 aliphatic carbocycles. The predicted octanol–water partition coefficient (Wildman–Crippen LogP) is 1.36. The van der Waals surface area contributed by atoms with Crippen molar-refractivity contribution < 1.29 is 18.4 Å². The molecule has 0 bridgehead atoms. The Labute approximate surface area is 108 Å². The summed E-state index contributed by atoms with van der Waals surface area (Å²) in [6, 6.07) is 2.11. The summed E-state index contributed by atoms with van der Waals surface area (Å²) in [6.45, 7) is 0.345. The number of carbonyl (C=O) groups is 2. The summed E-state index contributed by atoms with van der Waals surface area (Å²) in [5, 5.41) is 7.51. The largest absolute Gasteiger partial charge is 0.354 e. The fourth-order valence-electron chi connectivity index (χ4n) is 1.79. The molecule has 102 valence electrons. The lowest BCUT2D eigenvalue weighted by Gasteiger charge is -2.23. The van der Waals surface area contributed by atoms with Crippen molar-refractivity contribution in [3.63, 3.8) is 0 Å². The van der Waals surface area contributed by atoms with Gasteiger partial charge in [-0.25, -0.2) is 13.6 Å². The van der Waals surface area contributed by atoms with Crippen molar-refractivity contribution in [3.05, 3.63) is 29.8 Å². The van der Waals surface area contributed by atoms with E-state index in [4.69, 9.17) is 0 Å². The topological polar surface area (TPSA) is 70.2 Å². The van der Waals surface area contributed by atoms with Crippen LogP contribution in [0.4, 0.5) is 19.3 Å². The molecule has 19 heavy (non-hydrogen) atoms. The number of amides is 3. The Morgan fingerprint density at radius 3 is 2.79 bits per heavy atom. The molecule has 1 aromatic carbocycles. The first-order chi connectivity index (χ1) is 9.04. The van der Waals surface area contributed by atoms with Crippen LogP contribution in [0.2, 0.25) is 0 Å². The van der Waals surface area contributed by atoms with Gasteiger partial charge in [-0.1, -0.05) is 0 Å². The molecular weight excluding hydrogens is 256 g/mol. The fourth-order valence-corrected chi connectivity index (χ4v) is 1.79. The zero-order valence-electron chi connectivity index (χ0n) is 10.0. The highest BCUT2D eigenvalue weighted by atomic mass is 19.1. The van der Waals surface area contributed by atoms with Crippen LogP contribution in [0.1, 0.15) is 12.8 Å². The zero-order valence-corrected chi connectivity index (χ0v) is 10.0. The summed E-state index contributed by atoms with van der Waals surface area (Å²) in [4.78, 5) is 22.5. The summed E-state index contributed by atoms with van der Waals surface area (Å²) < 4.78 is 26.0. The van der Waals surface area contributed by atoms with E-state index in [0.29, 0.717) is 25.5 Å². The predicted molar refractivity (Wildman–Crippen MR) is 64.5 cm³/mol. The Hall–Kier alpha value is -2.18. The molecule has 0 spiro atoms. The van der Waals surface area contributed by atoms with Gasteiger partial charge in [0.15, 0.2) is 0 Å². The van der Waals surface area contributed by atoms with Crippen molar-refractivity contribution in [2.75, 3.05) is 11.9 Å². The number of hydrogen-bond acceptors (Lipinski definition) is 2. The molecule has 1 fully saturated rings. The molecular formula is C12H13F2N3O2. The van der Waals surface area contributed by atoms with E-state index in [-0.39, 0.29) is 17.6 Å². The summed E-state index contributed by atoms with van der Waals surface area (Å²) >= 11 is 0. The van der Waals surface area contributed by atoms with Gasteiger partial charge in [-0.2, -0.15) is 0 Å². The van der Waals surface area contributed by atoms with Crippen LogP contribution >= 0.6 is 0 Å². The van der Waals surface area contributed by atoms with Crippen LogP contribution in [-0.2, 0) is 4.79 Å². The number of piperidine rings is 1. The minimum atomic E-state index is -0.841. The first-order valence-corrected chi connectivity index (χ1v) is 5.84.